The van der Waals surface area contributed by atoms with Crippen LogP contribution in [0.5, 0.6) is 0 Å². The van der Waals surface area contributed by atoms with Gasteiger partial charge in [-0.2, -0.15) is 0 Å². The van der Waals surface area contributed by atoms with E-state index in [0.717, 1.165) is 44.7 Å². The summed E-state index contributed by atoms with van der Waals surface area (Å²) in [4.78, 5) is 27.8. The SMILES string of the molecule is C1COCCO1.C=CC(=O)O.C=CC(=O)O.C=CC(=O)O. The third-order valence-electron chi connectivity index (χ3n) is 1.27. The zero-order valence-corrected chi connectivity index (χ0v) is 11.6. The zero-order chi connectivity index (χ0) is 17.1. The quantitative estimate of drug-likeness (QED) is 0.653. The van der Waals surface area contributed by atoms with Gasteiger partial charge in [0, 0.05) is 18.2 Å². The summed E-state index contributed by atoms with van der Waals surface area (Å²) in [5.41, 5.74) is 0. The summed E-state index contributed by atoms with van der Waals surface area (Å²) in [6.07, 6.45) is 2.50. The third kappa shape index (κ3) is 46.5. The van der Waals surface area contributed by atoms with Crippen LogP contribution in [0.3, 0.4) is 0 Å². The van der Waals surface area contributed by atoms with Crippen LogP contribution in [0.1, 0.15) is 0 Å². The largest absolute Gasteiger partial charge is 0.478 e. The van der Waals surface area contributed by atoms with Crippen molar-refractivity contribution >= 4 is 17.9 Å². The second-order valence-corrected chi connectivity index (χ2v) is 2.85. The van der Waals surface area contributed by atoms with Crippen LogP contribution < -0.4 is 0 Å². The Morgan fingerprint density at radius 3 is 0.857 bits per heavy atom. The van der Waals surface area contributed by atoms with E-state index in [4.69, 9.17) is 24.8 Å². The van der Waals surface area contributed by atoms with Crippen molar-refractivity contribution in [2.24, 2.45) is 0 Å². The molecule has 1 fully saturated rings. The molecular weight excluding hydrogens is 284 g/mol. The Hall–Kier alpha value is -2.45. The highest BCUT2D eigenvalue weighted by Crippen LogP contribution is 1.85. The highest BCUT2D eigenvalue weighted by Gasteiger charge is 1.94. The van der Waals surface area contributed by atoms with Gasteiger partial charge in [0.25, 0.3) is 0 Å². The number of ether oxygens (including phenoxy) is 2. The van der Waals surface area contributed by atoms with E-state index in [1.807, 2.05) is 0 Å². The Labute approximate surface area is 122 Å². The minimum Gasteiger partial charge on any atom is -0.478 e. The van der Waals surface area contributed by atoms with Gasteiger partial charge < -0.3 is 24.8 Å². The molecule has 0 bridgehead atoms. The first-order valence-corrected chi connectivity index (χ1v) is 5.53. The molecule has 0 aromatic heterocycles. The van der Waals surface area contributed by atoms with Crippen molar-refractivity contribution in [3.05, 3.63) is 38.0 Å². The highest BCUT2D eigenvalue weighted by molar-refractivity contribution is 5.79. The van der Waals surface area contributed by atoms with Crippen molar-refractivity contribution < 1.29 is 39.2 Å². The molecule has 120 valence electrons. The average Bonchev–Trinajstić information content (AvgIpc) is 2.50. The maximum Gasteiger partial charge on any atom is 0.327 e. The number of rotatable bonds is 3. The van der Waals surface area contributed by atoms with E-state index in [0.29, 0.717) is 0 Å². The Kier molecular flexibility index (Phi) is 22.4. The molecule has 1 rings (SSSR count). The monoisotopic (exact) mass is 304 g/mol. The lowest BCUT2D eigenvalue weighted by atomic mass is 10.6. The van der Waals surface area contributed by atoms with E-state index < -0.39 is 17.9 Å². The van der Waals surface area contributed by atoms with Gasteiger partial charge in [-0.05, 0) is 0 Å². The summed E-state index contributed by atoms with van der Waals surface area (Å²) in [6, 6.07) is 0. The molecule has 1 heterocycles. The number of aliphatic carboxylic acids is 3. The van der Waals surface area contributed by atoms with E-state index in [1.54, 1.807) is 0 Å². The van der Waals surface area contributed by atoms with Gasteiger partial charge >= 0.3 is 17.9 Å². The Bertz CT molecular complexity index is 277. The van der Waals surface area contributed by atoms with E-state index >= 15 is 0 Å². The van der Waals surface area contributed by atoms with Crippen LogP contribution in [0, 0.1) is 0 Å². The van der Waals surface area contributed by atoms with Crippen LogP contribution in [0.15, 0.2) is 38.0 Å². The number of carbonyl (C=O) groups is 3. The Balaban J connectivity index is -0.000000207. The van der Waals surface area contributed by atoms with E-state index in [2.05, 4.69) is 19.7 Å². The lowest BCUT2D eigenvalue weighted by Gasteiger charge is -2.09. The molecular formula is C13H20O8. The molecule has 0 unspecified atom stereocenters. The lowest BCUT2D eigenvalue weighted by Crippen LogP contribution is -2.16. The number of carboxylic acid groups (broad SMARTS) is 3. The molecule has 1 saturated heterocycles. The molecule has 1 aliphatic rings. The topological polar surface area (TPSA) is 130 Å². The predicted octanol–water partition coefficient (Wildman–Crippen LogP) is 0.804. The van der Waals surface area contributed by atoms with Crippen molar-refractivity contribution in [3.8, 4) is 0 Å². The standard InChI is InChI=1S/C4H8O2.3C3H4O2/c1-2-6-4-3-5-1;3*1-2-3(4)5/h1-4H2;3*2H,1H2,(H,4,5). The molecule has 1 aliphatic heterocycles. The molecule has 0 saturated carbocycles. The van der Waals surface area contributed by atoms with E-state index in [1.165, 1.54) is 0 Å². The molecule has 0 aromatic rings. The number of hydrogen-bond donors (Lipinski definition) is 3. The predicted molar refractivity (Wildman–Crippen MR) is 75.1 cm³/mol. The summed E-state index contributed by atoms with van der Waals surface area (Å²) < 4.78 is 9.89. The minimum atomic E-state index is -0.981. The summed E-state index contributed by atoms with van der Waals surface area (Å²) in [6.45, 7) is 12.0. The van der Waals surface area contributed by atoms with Crippen LogP contribution in [0.25, 0.3) is 0 Å². The van der Waals surface area contributed by atoms with Gasteiger partial charge in [-0.15, -0.1) is 0 Å². The van der Waals surface area contributed by atoms with Crippen molar-refractivity contribution in [3.63, 3.8) is 0 Å². The lowest BCUT2D eigenvalue weighted by molar-refractivity contribution is -0.132. The van der Waals surface area contributed by atoms with Crippen molar-refractivity contribution in [2.75, 3.05) is 26.4 Å². The maximum absolute atomic E-state index is 9.25. The van der Waals surface area contributed by atoms with Crippen LogP contribution in [0.2, 0.25) is 0 Å². The van der Waals surface area contributed by atoms with Gasteiger partial charge in [-0.25, -0.2) is 14.4 Å². The highest BCUT2D eigenvalue weighted by atomic mass is 16.6. The van der Waals surface area contributed by atoms with Gasteiger partial charge in [0.2, 0.25) is 0 Å². The third-order valence-corrected chi connectivity index (χ3v) is 1.27. The van der Waals surface area contributed by atoms with Crippen LogP contribution in [-0.4, -0.2) is 59.7 Å². The summed E-state index contributed by atoms with van der Waals surface area (Å²) in [7, 11) is 0. The van der Waals surface area contributed by atoms with Crippen LogP contribution in [0.4, 0.5) is 0 Å². The summed E-state index contributed by atoms with van der Waals surface area (Å²) >= 11 is 0. The fraction of sp³-hybridized carbons (Fsp3) is 0.308. The molecule has 0 aromatic carbocycles. The zero-order valence-electron chi connectivity index (χ0n) is 11.6. The average molecular weight is 304 g/mol. The fourth-order valence-corrected chi connectivity index (χ4v) is 0.440. The normalized spacial score (nSPS) is 11.4. The second kappa shape index (κ2) is 19.9. The molecule has 0 atom stereocenters. The number of carboxylic acids is 3. The molecule has 0 amide bonds. The van der Waals surface area contributed by atoms with E-state index in [9.17, 15) is 14.4 Å². The summed E-state index contributed by atoms with van der Waals surface area (Å²) in [5.74, 6) is -2.94. The second-order valence-electron chi connectivity index (χ2n) is 2.85. The molecule has 8 nitrogen and oxygen atoms in total. The first-order valence-electron chi connectivity index (χ1n) is 5.53. The first kappa shape index (κ1) is 23.6. The van der Waals surface area contributed by atoms with Gasteiger partial charge in [0.1, 0.15) is 0 Å². The van der Waals surface area contributed by atoms with Gasteiger partial charge in [-0.1, -0.05) is 19.7 Å². The van der Waals surface area contributed by atoms with Crippen molar-refractivity contribution in [1.29, 1.82) is 0 Å². The molecule has 3 N–H and O–H groups in total. The smallest absolute Gasteiger partial charge is 0.327 e. The molecule has 0 radical (unpaired) electrons. The van der Waals surface area contributed by atoms with Crippen LogP contribution >= 0.6 is 0 Å². The molecule has 0 spiro atoms. The van der Waals surface area contributed by atoms with E-state index in [-0.39, 0.29) is 0 Å². The van der Waals surface area contributed by atoms with Crippen molar-refractivity contribution in [1.82, 2.24) is 0 Å². The minimum absolute atomic E-state index is 0.778. The Morgan fingerprint density at radius 1 is 0.667 bits per heavy atom. The van der Waals surface area contributed by atoms with Gasteiger partial charge in [0.15, 0.2) is 0 Å². The van der Waals surface area contributed by atoms with Gasteiger partial charge in [-0.3, -0.25) is 0 Å². The van der Waals surface area contributed by atoms with Crippen molar-refractivity contribution in [2.45, 2.75) is 0 Å². The first-order chi connectivity index (χ1) is 9.81. The van der Waals surface area contributed by atoms with Crippen LogP contribution in [-0.2, 0) is 23.9 Å². The summed E-state index contributed by atoms with van der Waals surface area (Å²) in [5, 5.41) is 22.8. The Morgan fingerprint density at radius 2 is 0.810 bits per heavy atom. The molecule has 0 aliphatic carbocycles. The fourth-order valence-electron chi connectivity index (χ4n) is 0.440. The molecule has 8 heteroatoms. The van der Waals surface area contributed by atoms with Gasteiger partial charge in [0.05, 0.1) is 26.4 Å². The molecule has 21 heavy (non-hydrogen) atoms. The maximum atomic E-state index is 9.25. The number of hydrogen-bond acceptors (Lipinski definition) is 5.